The van der Waals surface area contributed by atoms with Crippen LogP contribution >= 0.6 is 11.8 Å². The average Bonchev–Trinajstić information content (AvgIpc) is 2.78. The van der Waals surface area contributed by atoms with Crippen LogP contribution in [0.5, 0.6) is 0 Å². The first-order valence-electron chi connectivity index (χ1n) is 9.92. The number of rotatable bonds is 5. The van der Waals surface area contributed by atoms with E-state index < -0.39 is 0 Å². The van der Waals surface area contributed by atoms with Crippen molar-refractivity contribution in [1.82, 2.24) is 20.4 Å². The molecule has 3 aromatic rings. The molecule has 0 aliphatic carbocycles. The summed E-state index contributed by atoms with van der Waals surface area (Å²) < 4.78 is 13.1. The van der Waals surface area contributed by atoms with E-state index in [2.05, 4.69) is 22.4 Å². The second kappa shape index (κ2) is 9.36. The molecule has 1 N–H and O–H groups in total. The largest absolute Gasteiger partial charge is 0.336 e. The standard InChI is InChI=1S/C23H23FN4OS/c1-16-14-28(12-11-25-16)23(29)19-4-2-3-17(13-19)15-30-22-10-9-21(26-27-22)18-5-7-20(24)8-6-18/h2-10,13,16,25H,11-12,14-15H2,1H3. The van der Waals surface area contributed by atoms with Crippen molar-refractivity contribution in [3.05, 3.63) is 77.6 Å². The summed E-state index contributed by atoms with van der Waals surface area (Å²) in [4.78, 5) is 14.7. The van der Waals surface area contributed by atoms with Crippen molar-refractivity contribution in [2.24, 2.45) is 0 Å². The first-order valence-corrected chi connectivity index (χ1v) is 10.9. The normalized spacial score (nSPS) is 16.5. The second-order valence-corrected chi connectivity index (χ2v) is 8.35. The Labute approximate surface area is 179 Å². The lowest BCUT2D eigenvalue weighted by molar-refractivity contribution is 0.0709. The minimum absolute atomic E-state index is 0.0821. The lowest BCUT2D eigenvalue weighted by atomic mass is 10.1. The molecular formula is C23H23FN4OS. The van der Waals surface area contributed by atoms with Gasteiger partial charge in [0.2, 0.25) is 0 Å². The molecule has 1 atom stereocenters. The topological polar surface area (TPSA) is 58.1 Å². The summed E-state index contributed by atoms with van der Waals surface area (Å²) in [5.74, 6) is 0.508. The monoisotopic (exact) mass is 422 g/mol. The fraction of sp³-hybridized carbons (Fsp3) is 0.261. The number of aromatic nitrogens is 2. The molecule has 2 heterocycles. The number of carbonyl (C=O) groups is 1. The number of benzene rings is 2. The lowest BCUT2D eigenvalue weighted by Crippen LogP contribution is -2.51. The number of thioether (sulfide) groups is 1. The average molecular weight is 423 g/mol. The molecule has 2 aromatic carbocycles. The van der Waals surface area contributed by atoms with Crippen LogP contribution in [0.4, 0.5) is 4.39 Å². The molecule has 0 spiro atoms. The molecular weight excluding hydrogens is 399 g/mol. The Kier molecular flexibility index (Phi) is 6.40. The molecule has 1 saturated heterocycles. The van der Waals surface area contributed by atoms with Gasteiger partial charge in [-0.2, -0.15) is 0 Å². The smallest absolute Gasteiger partial charge is 0.253 e. The molecule has 0 bridgehead atoms. The maximum Gasteiger partial charge on any atom is 0.253 e. The Morgan fingerprint density at radius 2 is 2.00 bits per heavy atom. The van der Waals surface area contributed by atoms with Crippen LogP contribution in [0.15, 0.2) is 65.7 Å². The number of nitrogens with zero attached hydrogens (tertiary/aromatic N) is 3. The zero-order valence-electron chi connectivity index (χ0n) is 16.7. The third-order valence-electron chi connectivity index (χ3n) is 5.00. The third-order valence-corrected chi connectivity index (χ3v) is 5.99. The summed E-state index contributed by atoms with van der Waals surface area (Å²) in [6.45, 7) is 4.38. The quantitative estimate of drug-likeness (QED) is 0.630. The highest BCUT2D eigenvalue weighted by atomic mass is 32.2. The zero-order chi connectivity index (χ0) is 20.9. The van der Waals surface area contributed by atoms with E-state index in [1.165, 1.54) is 12.1 Å². The van der Waals surface area contributed by atoms with Gasteiger partial charge < -0.3 is 10.2 Å². The molecule has 4 rings (SSSR count). The van der Waals surface area contributed by atoms with Crippen molar-refractivity contribution in [3.63, 3.8) is 0 Å². The number of amides is 1. The van der Waals surface area contributed by atoms with Gasteiger partial charge in [0.25, 0.3) is 5.91 Å². The van der Waals surface area contributed by atoms with Crippen LogP contribution in [0.25, 0.3) is 11.3 Å². The third kappa shape index (κ3) is 5.04. The van der Waals surface area contributed by atoms with E-state index in [0.29, 0.717) is 17.5 Å². The van der Waals surface area contributed by atoms with Crippen molar-refractivity contribution in [2.45, 2.75) is 23.7 Å². The summed E-state index contributed by atoms with van der Waals surface area (Å²) in [6, 6.07) is 18.1. The van der Waals surface area contributed by atoms with Gasteiger partial charge in [0.1, 0.15) is 10.8 Å². The van der Waals surface area contributed by atoms with Gasteiger partial charge >= 0.3 is 0 Å². The van der Waals surface area contributed by atoms with E-state index in [4.69, 9.17) is 0 Å². The molecule has 1 amide bonds. The van der Waals surface area contributed by atoms with Crippen LogP contribution in [-0.2, 0) is 5.75 Å². The minimum Gasteiger partial charge on any atom is -0.336 e. The highest BCUT2D eigenvalue weighted by molar-refractivity contribution is 7.98. The fourth-order valence-electron chi connectivity index (χ4n) is 3.42. The molecule has 5 nitrogen and oxygen atoms in total. The number of piperazine rings is 1. The van der Waals surface area contributed by atoms with E-state index in [9.17, 15) is 9.18 Å². The SMILES string of the molecule is CC1CN(C(=O)c2cccc(CSc3ccc(-c4ccc(F)cc4)nn3)c2)CCN1. The van der Waals surface area contributed by atoms with Gasteiger partial charge in [0.05, 0.1) is 5.69 Å². The zero-order valence-corrected chi connectivity index (χ0v) is 17.5. The number of nitrogens with one attached hydrogen (secondary N) is 1. The van der Waals surface area contributed by atoms with Crippen molar-refractivity contribution in [2.75, 3.05) is 19.6 Å². The number of hydrogen-bond donors (Lipinski definition) is 1. The van der Waals surface area contributed by atoms with Crippen molar-refractivity contribution in [1.29, 1.82) is 0 Å². The van der Waals surface area contributed by atoms with E-state index in [0.717, 1.165) is 41.4 Å². The minimum atomic E-state index is -0.272. The molecule has 1 aromatic heterocycles. The van der Waals surface area contributed by atoms with Crippen molar-refractivity contribution >= 4 is 17.7 Å². The van der Waals surface area contributed by atoms with E-state index in [1.54, 1.807) is 23.9 Å². The first-order chi connectivity index (χ1) is 14.6. The van der Waals surface area contributed by atoms with Gasteiger partial charge in [0.15, 0.2) is 0 Å². The molecule has 1 aliphatic rings. The Bertz CT molecular complexity index is 1010. The van der Waals surface area contributed by atoms with E-state index in [-0.39, 0.29) is 11.7 Å². The van der Waals surface area contributed by atoms with E-state index in [1.807, 2.05) is 41.3 Å². The molecule has 154 valence electrons. The molecule has 30 heavy (non-hydrogen) atoms. The molecule has 1 aliphatic heterocycles. The predicted molar refractivity (Wildman–Crippen MR) is 117 cm³/mol. The Hall–Kier alpha value is -2.77. The van der Waals surface area contributed by atoms with Gasteiger partial charge in [-0.3, -0.25) is 4.79 Å². The highest BCUT2D eigenvalue weighted by Gasteiger charge is 2.21. The summed E-state index contributed by atoms with van der Waals surface area (Å²) in [5, 5.41) is 12.7. The first kappa shape index (κ1) is 20.5. The van der Waals surface area contributed by atoms with Crippen LogP contribution in [0.2, 0.25) is 0 Å². The summed E-state index contributed by atoms with van der Waals surface area (Å²) in [5.41, 5.74) is 3.32. The molecule has 1 fully saturated rings. The number of hydrogen-bond acceptors (Lipinski definition) is 5. The van der Waals surface area contributed by atoms with Crippen molar-refractivity contribution in [3.8, 4) is 11.3 Å². The van der Waals surface area contributed by atoms with Gasteiger partial charge in [-0.05, 0) is 61.0 Å². The van der Waals surface area contributed by atoms with E-state index >= 15 is 0 Å². The summed E-state index contributed by atoms with van der Waals surface area (Å²) in [7, 11) is 0. The summed E-state index contributed by atoms with van der Waals surface area (Å²) in [6.07, 6.45) is 0. The molecule has 7 heteroatoms. The van der Waals surface area contributed by atoms with Crippen LogP contribution < -0.4 is 5.32 Å². The number of carbonyl (C=O) groups excluding carboxylic acids is 1. The Morgan fingerprint density at radius 1 is 1.17 bits per heavy atom. The number of halogens is 1. The summed E-state index contributed by atoms with van der Waals surface area (Å²) >= 11 is 1.57. The predicted octanol–water partition coefficient (Wildman–Crippen LogP) is 4.01. The van der Waals surface area contributed by atoms with Crippen LogP contribution in [0, 0.1) is 5.82 Å². The molecule has 1 unspecified atom stereocenters. The van der Waals surface area contributed by atoms with Crippen LogP contribution in [-0.4, -0.2) is 46.7 Å². The fourth-order valence-corrected chi connectivity index (χ4v) is 4.18. The van der Waals surface area contributed by atoms with Gasteiger partial charge in [-0.15, -0.1) is 10.2 Å². The van der Waals surface area contributed by atoms with Crippen molar-refractivity contribution < 1.29 is 9.18 Å². The van der Waals surface area contributed by atoms with Crippen LogP contribution in [0.1, 0.15) is 22.8 Å². The Morgan fingerprint density at radius 3 is 2.73 bits per heavy atom. The van der Waals surface area contributed by atoms with Gasteiger partial charge in [-0.25, -0.2) is 4.39 Å². The molecule has 0 saturated carbocycles. The lowest BCUT2D eigenvalue weighted by Gasteiger charge is -2.32. The molecule has 0 radical (unpaired) electrons. The second-order valence-electron chi connectivity index (χ2n) is 7.36. The van der Waals surface area contributed by atoms with Crippen LogP contribution in [0.3, 0.4) is 0 Å². The highest BCUT2D eigenvalue weighted by Crippen LogP contribution is 2.23. The van der Waals surface area contributed by atoms with Gasteiger partial charge in [-0.1, -0.05) is 23.9 Å². The maximum atomic E-state index is 13.1. The maximum absolute atomic E-state index is 13.1. The Balaban J connectivity index is 1.38. The van der Waals surface area contributed by atoms with Gasteiger partial charge in [0, 0.05) is 42.6 Å².